The van der Waals surface area contributed by atoms with Gasteiger partial charge in [-0.15, -0.1) is 10.2 Å². The van der Waals surface area contributed by atoms with Crippen LogP contribution in [0.4, 0.5) is 5.69 Å². The smallest absolute Gasteiger partial charge is 0.338 e. The molecule has 1 N–H and O–H groups in total. The largest absolute Gasteiger partial charge is 0.497 e. The number of amides is 1. The zero-order chi connectivity index (χ0) is 22.9. The van der Waals surface area contributed by atoms with Gasteiger partial charge in [0.2, 0.25) is 5.91 Å². The summed E-state index contributed by atoms with van der Waals surface area (Å²) in [5, 5.41) is 11.9. The summed E-state index contributed by atoms with van der Waals surface area (Å²) in [7, 11) is 3.51. The first-order chi connectivity index (χ1) is 15.5. The van der Waals surface area contributed by atoms with Gasteiger partial charge in [0.05, 0.1) is 25.0 Å². The summed E-state index contributed by atoms with van der Waals surface area (Å²) in [6, 6.07) is 14.5. The third-order valence-electron chi connectivity index (χ3n) is 4.60. The van der Waals surface area contributed by atoms with Gasteiger partial charge in [-0.2, -0.15) is 0 Å². The highest BCUT2D eigenvalue weighted by Gasteiger charge is 2.13. The number of anilines is 1. The lowest BCUT2D eigenvalue weighted by atomic mass is 10.1. The SMILES string of the molecule is CCCOC(=O)c1cccc(NC(=O)CSc2nnc(Cc3ccc(OC)cc3)n2C)c1. The zero-order valence-corrected chi connectivity index (χ0v) is 19.1. The van der Waals surface area contributed by atoms with E-state index < -0.39 is 5.97 Å². The van der Waals surface area contributed by atoms with Gasteiger partial charge >= 0.3 is 5.97 Å². The Balaban J connectivity index is 1.54. The van der Waals surface area contributed by atoms with Crippen LogP contribution < -0.4 is 10.1 Å². The van der Waals surface area contributed by atoms with Crippen LogP contribution in [0.2, 0.25) is 0 Å². The Labute approximate surface area is 191 Å². The molecule has 2 aromatic carbocycles. The Morgan fingerprint density at radius 1 is 1.12 bits per heavy atom. The molecule has 3 rings (SSSR count). The van der Waals surface area contributed by atoms with Crippen molar-refractivity contribution in [3.63, 3.8) is 0 Å². The summed E-state index contributed by atoms with van der Waals surface area (Å²) in [6.45, 7) is 2.30. The summed E-state index contributed by atoms with van der Waals surface area (Å²) >= 11 is 1.30. The highest BCUT2D eigenvalue weighted by atomic mass is 32.2. The lowest BCUT2D eigenvalue weighted by Gasteiger charge is -2.08. The van der Waals surface area contributed by atoms with E-state index in [0.717, 1.165) is 23.6 Å². The molecule has 0 spiro atoms. The first kappa shape index (κ1) is 23.3. The summed E-state index contributed by atoms with van der Waals surface area (Å²) < 4.78 is 12.2. The number of ether oxygens (including phenoxy) is 2. The average molecular weight is 455 g/mol. The van der Waals surface area contributed by atoms with Crippen molar-refractivity contribution in [3.8, 4) is 5.75 Å². The van der Waals surface area contributed by atoms with Crippen LogP contribution in [0, 0.1) is 0 Å². The molecule has 1 aromatic heterocycles. The van der Waals surface area contributed by atoms with Crippen molar-refractivity contribution >= 4 is 29.3 Å². The van der Waals surface area contributed by atoms with Crippen molar-refractivity contribution in [1.82, 2.24) is 14.8 Å². The van der Waals surface area contributed by atoms with Crippen molar-refractivity contribution in [2.45, 2.75) is 24.9 Å². The lowest BCUT2D eigenvalue weighted by Crippen LogP contribution is -2.15. The number of nitrogens with one attached hydrogen (secondary N) is 1. The van der Waals surface area contributed by atoms with Gasteiger partial charge in [-0.1, -0.05) is 36.9 Å². The second-order valence-electron chi connectivity index (χ2n) is 7.04. The Bertz CT molecular complexity index is 1070. The van der Waals surface area contributed by atoms with Gasteiger partial charge < -0.3 is 19.4 Å². The van der Waals surface area contributed by atoms with E-state index in [1.807, 2.05) is 42.8 Å². The second kappa shape index (κ2) is 11.3. The monoisotopic (exact) mass is 454 g/mol. The van der Waals surface area contributed by atoms with Gasteiger partial charge in [0.15, 0.2) is 5.16 Å². The van der Waals surface area contributed by atoms with E-state index in [2.05, 4.69) is 15.5 Å². The number of hydrogen-bond donors (Lipinski definition) is 1. The fourth-order valence-electron chi connectivity index (χ4n) is 2.88. The molecule has 0 aliphatic carbocycles. The number of benzene rings is 2. The van der Waals surface area contributed by atoms with Crippen molar-refractivity contribution in [2.75, 3.05) is 24.8 Å². The normalized spacial score (nSPS) is 10.6. The van der Waals surface area contributed by atoms with Crippen molar-refractivity contribution in [3.05, 3.63) is 65.5 Å². The molecular formula is C23H26N4O4S. The van der Waals surface area contributed by atoms with E-state index >= 15 is 0 Å². The number of thioether (sulfide) groups is 1. The predicted molar refractivity (Wildman–Crippen MR) is 123 cm³/mol. The molecule has 8 nitrogen and oxygen atoms in total. The van der Waals surface area contributed by atoms with E-state index in [0.29, 0.717) is 29.4 Å². The molecule has 168 valence electrons. The molecule has 9 heteroatoms. The first-order valence-electron chi connectivity index (χ1n) is 10.2. The molecule has 1 heterocycles. The molecule has 0 saturated heterocycles. The van der Waals surface area contributed by atoms with Crippen LogP contribution in [0.15, 0.2) is 53.7 Å². The summed E-state index contributed by atoms with van der Waals surface area (Å²) in [5.41, 5.74) is 2.04. The third kappa shape index (κ3) is 6.34. The average Bonchev–Trinajstić information content (AvgIpc) is 3.15. The number of carbonyl (C=O) groups excluding carboxylic acids is 2. The number of hydrogen-bond acceptors (Lipinski definition) is 7. The summed E-state index contributed by atoms with van der Waals surface area (Å²) in [6.07, 6.45) is 1.38. The molecule has 1 amide bonds. The maximum atomic E-state index is 12.4. The number of nitrogens with zero attached hydrogens (tertiary/aromatic N) is 3. The van der Waals surface area contributed by atoms with Crippen molar-refractivity contribution in [2.24, 2.45) is 7.05 Å². The molecule has 0 radical (unpaired) electrons. The van der Waals surface area contributed by atoms with E-state index in [1.165, 1.54) is 11.8 Å². The number of esters is 1. The zero-order valence-electron chi connectivity index (χ0n) is 18.3. The second-order valence-corrected chi connectivity index (χ2v) is 7.98. The summed E-state index contributed by atoms with van der Waals surface area (Å²) in [4.78, 5) is 24.4. The van der Waals surface area contributed by atoms with Crippen LogP contribution in [0.5, 0.6) is 5.75 Å². The molecule has 0 fully saturated rings. The molecule has 3 aromatic rings. The van der Waals surface area contributed by atoms with Gasteiger partial charge in [0.1, 0.15) is 11.6 Å². The Kier molecular flexibility index (Phi) is 8.27. The minimum absolute atomic E-state index is 0.166. The summed E-state index contributed by atoms with van der Waals surface area (Å²) in [5.74, 6) is 1.17. The van der Waals surface area contributed by atoms with Crippen LogP contribution in [0.25, 0.3) is 0 Å². The standard InChI is InChI=1S/C23H26N4O4S/c1-4-12-31-22(29)17-6-5-7-18(14-17)24-21(28)15-32-23-26-25-20(27(23)2)13-16-8-10-19(30-3)11-9-16/h5-11,14H,4,12-13,15H2,1-3H3,(H,24,28). The van der Waals surface area contributed by atoms with E-state index in [1.54, 1.807) is 31.4 Å². The van der Waals surface area contributed by atoms with Gasteiger partial charge in [-0.05, 0) is 42.3 Å². The Hall–Kier alpha value is -3.33. The van der Waals surface area contributed by atoms with Gasteiger partial charge in [0, 0.05) is 19.2 Å². The minimum atomic E-state index is -0.402. The number of methoxy groups -OCH3 is 1. The molecule has 0 atom stereocenters. The Morgan fingerprint density at radius 2 is 1.91 bits per heavy atom. The fourth-order valence-corrected chi connectivity index (χ4v) is 3.61. The molecule has 32 heavy (non-hydrogen) atoms. The van der Waals surface area contributed by atoms with Gasteiger partial charge in [-0.25, -0.2) is 4.79 Å². The van der Waals surface area contributed by atoms with E-state index in [9.17, 15) is 9.59 Å². The topological polar surface area (TPSA) is 95.3 Å². The van der Waals surface area contributed by atoms with Gasteiger partial charge in [-0.3, -0.25) is 4.79 Å². The number of aromatic nitrogens is 3. The van der Waals surface area contributed by atoms with Crippen LogP contribution in [-0.4, -0.2) is 46.1 Å². The van der Waals surface area contributed by atoms with Crippen LogP contribution in [0.1, 0.15) is 35.1 Å². The highest BCUT2D eigenvalue weighted by Crippen LogP contribution is 2.19. The molecule has 0 bridgehead atoms. The fraction of sp³-hybridized carbons (Fsp3) is 0.304. The number of rotatable bonds is 10. The predicted octanol–water partition coefficient (Wildman–Crippen LogP) is 3.71. The van der Waals surface area contributed by atoms with Crippen molar-refractivity contribution in [1.29, 1.82) is 0 Å². The maximum absolute atomic E-state index is 12.4. The molecule has 0 saturated carbocycles. The molecule has 0 aliphatic heterocycles. The van der Waals surface area contributed by atoms with Crippen molar-refractivity contribution < 1.29 is 19.1 Å². The molecule has 0 unspecified atom stereocenters. The van der Waals surface area contributed by atoms with E-state index in [4.69, 9.17) is 9.47 Å². The quantitative estimate of drug-likeness (QED) is 0.368. The third-order valence-corrected chi connectivity index (χ3v) is 5.62. The van der Waals surface area contributed by atoms with Crippen LogP contribution in [-0.2, 0) is 23.0 Å². The van der Waals surface area contributed by atoms with Gasteiger partial charge in [0.25, 0.3) is 0 Å². The highest BCUT2D eigenvalue weighted by molar-refractivity contribution is 7.99. The van der Waals surface area contributed by atoms with E-state index in [-0.39, 0.29) is 11.7 Å². The molecule has 0 aliphatic rings. The first-order valence-corrected chi connectivity index (χ1v) is 11.2. The number of carbonyl (C=O) groups is 2. The van der Waals surface area contributed by atoms with Crippen LogP contribution in [0.3, 0.4) is 0 Å². The minimum Gasteiger partial charge on any atom is -0.497 e. The lowest BCUT2D eigenvalue weighted by molar-refractivity contribution is -0.113. The van der Waals surface area contributed by atoms with Crippen LogP contribution >= 0.6 is 11.8 Å². The maximum Gasteiger partial charge on any atom is 0.338 e. The molecular weight excluding hydrogens is 428 g/mol. The Morgan fingerprint density at radius 3 is 2.62 bits per heavy atom.